The molecule has 1 aromatic heterocycles. The molecule has 5 heteroatoms. The summed E-state index contributed by atoms with van der Waals surface area (Å²) in [7, 11) is 1.54. The summed E-state index contributed by atoms with van der Waals surface area (Å²) in [6, 6.07) is 13.5. The van der Waals surface area contributed by atoms with Crippen molar-refractivity contribution < 1.29 is 31.8 Å². The van der Waals surface area contributed by atoms with Crippen molar-refractivity contribution >= 4 is 11.0 Å². The fraction of sp³-hybridized carbons (Fsp3) is 0.0625. The molecule has 3 aromatic rings. The number of phenolic OH excluding ortho intramolecular Hbond substituents is 2. The maximum atomic E-state index is 9.67. The molecule has 0 atom stereocenters. The van der Waals surface area contributed by atoms with Crippen LogP contribution in [-0.4, -0.2) is 17.3 Å². The first kappa shape index (κ1) is 14.9. The van der Waals surface area contributed by atoms with E-state index in [2.05, 4.69) is 0 Å². The highest BCUT2D eigenvalue weighted by molar-refractivity contribution is 5.86. The lowest BCUT2D eigenvalue weighted by Crippen LogP contribution is -3.00. The number of hydrogen-bond acceptors (Lipinski definition) is 3. The van der Waals surface area contributed by atoms with Crippen LogP contribution in [0, 0.1) is 0 Å². The standard InChI is InChI=1S/C16H12O4.ClH/c1-19-15-8-12(18)9-16-13(15)6-7-14(20-16)10-2-4-11(17)5-3-10;/h2-9H,1H3,(H-,17,18);1H. The zero-order valence-electron chi connectivity index (χ0n) is 11.2. The molecule has 2 N–H and O–H groups in total. The molecule has 21 heavy (non-hydrogen) atoms. The Hall–Kier alpha value is -2.46. The number of benzene rings is 2. The van der Waals surface area contributed by atoms with Crippen molar-refractivity contribution in [2.75, 3.05) is 7.11 Å². The minimum atomic E-state index is 0. The fourth-order valence-corrected chi connectivity index (χ4v) is 2.10. The van der Waals surface area contributed by atoms with Crippen molar-refractivity contribution in [3.05, 3.63) is 48.5 Å². The van der Waals surface area contributed by atoms with Gasteiger partial charge < -0.3 is 27.4 Å². The predicted octanol–water partition coefficient (Wildman–Crippen LogP) is 0.805. The van der Waals surface area contributed by atoms with E-state index < -0.39 is 0 Å². The predicted molar refractivity (Wildman–Crippen MR) is 75.9 cm³/mol. The van der Waals surface area contributed by atoms with Crippen LogP contribution in [0.1, 0.15) is 0 Å². The van der Waals surface area contributed by atoms with Crippen LogP contribution in [0.3, 0.4) is 0 Å². The van der Waals surface area contributed by atoms with Crippen LogP contribution in [0.15, 0.2) is 52.9 Å². The van der Waals surface area contributed by atoms with Gasteiger partial charge in [-0.3, -0.25) is 0 Å². The van der Waals surface area contributed by atoms with Crippen molar-refractivity contribution in [2.24, 2.45) is 0 Å². The maximum absolute atomic E-state index is 9.67. The maximum Gasteiger partial charge on any atom is 0.368 e. The molecule has 2 aromatic carbocycles. The molecule has 0 aliphatic carbocycles. The summed E-state index contributed by atoms with van der Waals surface area (Å²) in [5, 5.41) is 19.8. The Balaban J connectivity index is 0.00000161. The Morgan fingerprint density at radius 3 is 2.29 bits per heavy atom. The van der Waals surface area contributed by atoms with Crippen molar-refractivity contribution in [3.63, 3.8) is 0 Å². The monoisotopic (exact) mass is 304 g/mol. The molecule has 0 spiro atoms. The van der Waals surface area contributed by atoms with Crippen LogP contribution in [-0.2, 0) is 0 Å². The summed E-state index contributed by atoms with van der Waals surface area (Å²) in [6.07, 6.45) is 0. The topological polar surface area (TPSA) is 61.0 Å². The quantitative estimate of drug-likeness (QED) is 0.688. The van der Waals surface area contributed by atoms with Gasteiger partial charge >= 0.3 is 11.3 Å². The molecule has 0 aliphatic rings. The molecular weight excluding hydrogens is 292 g/mol. The number of methoxy groups -OCH3 is 1. The minimum absolute atomic E-state index is 0. The van der Waals surface area contributed by atoms with Crippen LogP contribution in [0.5, 0.6) is 17.2 Å². The van der Waals surface area contributed by atoms with Crippen molar-refractivity contribution in [1.82, 2.24) is 0 Å². The zero-order chi connectivity index (χ0) is 14.1. The lowest BCUT2D eigenvalue weighted by atomic mass is 10.1. The normalized spacial score (nSPS) is 10.1. The van der Waals surface area contributed by atoms with Gasteiger partial charge in [0.25, 0.3) is 0 Å². The zero-order valence-corrected chi connectivity index (χ0v) is 12.0. The van der Waals surface area contributed by atoms with Gasteiger partial charge in [0.2, 0.25) is 0 Å². The first-order valence-electron chi connectivity index (χ1n) is 6.10. The molecule has 0 fully saturated rings. The van der Waals surface area contributed by atoms with E-state index in [0.717, 1.165) is 10.9 Å². The number of halogens is 1. The third-order valence-electron chi connectivity index (χ3n) is 3.08. The van der Waals surface area contributed by atoms with Crippen molar-refractivity contribution in [2.45, 2.75) is 0 Å². The summed E-state index contributed by atoms with van der Waals surface area (Å²) in [4.78, 5) is 0. The van der Waals surface area contributed by atoms with Crippen LogP contribution in [0.2, 0.25) is 0 Å². The first-order chi connectivity index (χ1) is 9.67. The van der Waals surface area contributed by atoms with E-state index in [-0.39, 0.29) is 23.9 Å². The van der Waals surface area contributed by atoms with E-state index in [1.165, 1.54) is 6.07 Å². The summed E-state index contributed by atoms with van der Waals surface area (Å²) in [6.45, 7) is 0. The Morgan fingerprint density at radius 2 is 1.62 bits per heavy atom. The highest BCUT2D eigenvalue weighted by atomic mass is 35.5. The SMILES string of the molecule is COc1cc(O)cc2[o+]c(-c3ccc(O)cc3)ccc12.[Cl-]. The van der Waals surface area contributed by atoms with Crippen LogP contribution in [0.25, 0.3) is 22.3 Å². The number of rotatable bonds is 2. The first-order valence-corrected chi connectivity index (χ1v) is 6.10. The van der Waals surface area contributed by atoms with E-state index in [1.54, 1.807) is 37.4 Å². The van der Waals surface area contributed by atoms with Gasteiger partial charge in [-0.25, -0.2) is 4.42 Å². The number of ether oxygens (including phenoxy) is 1. The number of hydrogen-bond donors (Lipinski definition) is 2. The Kier molecular flexibility index (Phi) is 4.19. The van der Waals surface area contributed by atoms with Gasteiger partial charge in [0.1, 0.15) is 22.6 Å². The van der Waals surface area contributed by atoms with Gasteiger partial charge in [-0.05, 0) is 30.3 Å². The van der Waals surface area contributed by atoms with E-state index in [1.807, 2.05) is 12.1 Å². The van der Waals surface area contributed by atoms with Gasteiger partial charge in [-0.2, -0.15) is 0 Å². The van der Waals surface area contributed by atoms with Gasteiger partial charge in [0.15, 0.2) is 0 Å². The van der Waals surface area contributed by atoms with Gasteiger partial charge in [0, 0.05) is 12.1 Å². The Bertz CT molecular complexity index is 769. The van der Waals surface area contributed by atoms with Crippen LogP contribution >= 0.6 is 0 Å². The van der Waals surface area contributed by atoms with Crippen molar-refractivity contribution in [1.29, 1.82) is 0 Å². The molecule has 0 amide bonds. The summed E-state index contributed by atoms with van der Waals surface area (Å²) in [5.41, 5.74) is 1.37. The molecule has 108 valence electrons. The summed E-state index contributed by atoms with van der Waals surface area (Å²) in [5.74, 6) is 1.49. The van der Waals surface area contributed by atoms with E-state index in [4.69, 9.17) is 9.15 Å². The Morgan fingerprint density at radius 1 is 0.905 bits per heavy atom. The second-order valence-corrected chi connectivity index (χ2v) is 4.41. The molecular formula is C16H13ClO4. The molecule has 0 aliphatic heterocycles. The Labute approximate surface area is 127 Å². The van der Waals surface area contributed by atoms with E-state index in [9.17, 15) is 10.2 Å². The molecule has 0 saturated carbocycles. The van der Waals surface area contributed by atoms with Crippen LogP contribution in [0.4, 0.5) is 0 Å². The van der Waals surface area contributed by atoms with Gasteiger partial charge in [-0.15, -0.1) is 0 Å². The molecule has 0 radical (unpaired) electrons. The van der Waals surface area contributed by atoms with Gasteiger partial charge in [0.05, 0.1) is 18.7 Å². The van der Waals surface area contributed by atoms with Crippen molar-refractivity contribution in [3.8, 4) is 28.6 Å². The summed E-state index contributed by atoms with van der Waals surface area (Å²) < 4.78 is 11.0. The fourth-order valence-electron chi connectivity index (χ4n) is 2.10. The molecule has 0 bridgehead atoms. The minimum Gasteiger partial charge on any atom is -1.00 e. The van der Waals surface area contributed by atoms with E-state index in [0.29, 0.717) is 17.1 Å². The largest absolute Gasteiger partial charge is 1.00 e. The smallest absolute Gasteiger partial charge is 0.368 e. The second-order valence-electron chi connectivity index (χ2n) is 4.41. The summed E-state index contributed by atoms with van der Waals surface area (Å²) >= 11 is 0. The number of phenols is 2. The highest BCUT2D eigenvalue weighted by Crippen LogP contribution is 2.33. The molecule has 4 nitrogen and oxygen atoms in total. The van der Waals surface area contributed by atoms with E-state index >= 15 is 0 Å². The molecule has 0 unspecified atom stereocenters. The second kappa shape index (κ2) is 5.89. The third kappa shape index (κ3) is 2.85. The van der Waals surface area contributed by atoms with Crippen LogP contribution < -0.4 is 17.1 Å². The number of fused-ring (bicyclic) bond motifs is 1. The average molecular weight is 305 g/mol. The highest BCUT2D eigenvalue weighted by Gasteiger charge is 2.18. The van der Waals surface area contributed by atoms with Gasteiger partial charge in [-0.1, -0.05) is 0 Å². The third-order valence-corrected chi connectivity index (χ3v) is 3.08. The lowest BCUT2D eigenvalue weighted by molar-refractivity contribution is -0.00000692. The molecule has 0 saturated heterocycles. The number of aromatic hydroxyl groups is 2. The molecule has 1 heterocycles. The lowest BCUT2D eigenvalue weighted by Gasteiger charge is -2.01. The average Bonchev–Trinajstić information content (AvgIpc) is 2.46. The molecule has 3 rings (SSSR count).